The highest BCUT2D eigenvalue weighted by molar-refractivity contribution is 6.31. The van der Waals surface area contributed by atoms with Crippen LogP contribution in [0.4, 0.5) is 5.82 Å². The van der Waals surface area contributed by atoms with Crippen LogP contribution in [0.25, 0.3) is 0 Å². The van der Waals surface area contributed by atoms with E-state index in [0.29, 0.717) is 22.9 Å². The molecular formula is C17H18ClN5O. The lowest BCUT2D eigenvalue weighted by atomic mass is 10.2. The van der Waals surface area contributed by atoms with Gasteiger partial charge in [-0.25, -0.2) is 0 Å². The van der Waals surface area contributed by atoms with E-state index in [-0.39, 0.29) is 5.91 Å². The smallest absolute Gasteiger partial charge is 0.260 e. The first-order valence-corrected chi connectivity index (χ1v) is 8.06. The summed E-state index contributed by atoms with van der Waals surface area (Å²) in [5.74, 6) is 0.283. The predicted molar refractivity (Wildman–Crippen MR) is 93.4 cm³/mol. The number of carbonyl (C=O) groups is 1. The zero-order valence-corrected chi connectivity index (χ0v) is 14.3. The second-order valence-corrected chi connectivity index (χ2v) is 5.87. The minimum absolute atomic E-state index is 0.225. The molecule has 0 saturated heterocycles. The van der Waals surface area contributed by atoms with Gasteiger partial charge in [-0.1, -0.05) is 29.8 Å². The van der Waals surface area contributed by atoms with Crippen molar-refractivity contribution in [3.05, 3.63) is 64.6 Å². The Morgan fingerprint density at radius 3 is 2.83 bits per heavy atom. The molecule has 2 heterocycles. The summed E-state index contributed by atoms with van der Waals surface area (Å²) in [6.45, 7) is 5.18. The Morgan fingerprint density at radius 1 is 1.33 bits per heavy atom. The van der Waals surface area contributed by atoms with Crippen molar-refractivity contribution in [2.45, 2.75) is 26.9 Å². The predicted octanol–water partition coefficient (Wildman–Crippen LogP) is 3.36. The summed E-state index contributed by atoms with van der Waals surface area (Å²) in [6, 6.07) is 9.47. The summed E-state index contributed by atoms with van der Waals surface area (Å²) in [6.07, 6.45) is 3.26. The zero-order valence-electron chi connectivity index (χ0n) is 13.5. The first kappa shape index (κ1) is 16.3. The molecule has 0 fully saturated rings. The molecular weight excluding hydrogens is 326 g/mol. The average molecular weight is 344 g/mol. The quantitative estimate of drug-likeness (QED) is 0.772. The highest BCUT2D eigenvalue weighted by Crippen LogP contribution is 2.18. The van der Waals surface area contributed by atoms with Crippen molar-refractivity contribution in [3.8, 4) is 0 Å². The summed E-state index contributed by atoms with van der Waals surface area (Å²) in [7, 11) is 0. The lowest BCUT2D eigenvalue weighted by molar-refractivity contribution is 0.102. The standard InChI is InChI=1S/C17H18ClN5O/c1-3-22-10-14(9-19-22)17(24)20-16-8-12(2)23(21-16)11-13-6-4-5-7-15(13)18/h4-10H,3,11H2,1-2H3,(H,20,21,24). The molecule has 0 unspecified atom stereocenters. The van der Waals surface area contributed by atoms with Crippen molar-refractivity contribution in [3.63, 3.8) is 0 Å². The van der Waals surface area contributed by atoms with Crippen LogP contribution in [0.5, 0.6) is 0 Å². The maximum absolute atomic E-state index is 12.2. The molecule has 3 rings (SSSR count). The van der Waals surface area contributed by atoms with E-state index < -0.39 is 0 Å². The molecule has 1 amide bonds. The fourth-order valence-corrected chi connectivity index (χ4v) is 2.56. The minimum Gasteiger partial charge on any atom is -0.305 e. The molecule has 1 aromatic carbocycles. The Hall–Kier alpha value is -2.60. The van der Waals surface area contributed by atoms with Crippen molar-refractivity contribution in [1.82, 2.24) is 19.6 Å². The third kappa shape index (κ3) is 3.49. The number of anilines is 1. The summed E-state index contributed by atoms with van der Waals surface area (Å²) >= 11 is 6.19. The average Bonchev–Trinajstić information content (AvgIpc) is 3.17. The molecule has 0 bridgehead atoms. The second-order valence-electron chi connectivity index (χ2n) is 5.46. The number of hydrogen-bond donors (Lipinski definition) is 1. The van der Waals surface area contributed by atoms with E-state index >= 15 is 0 Å². The minimum atomic E-state index is -0.225. The number of nitrogens with one attached hydrogen (secondary N) is 1. The molecule has 0 aliphatic rings. The van der Waals surface area contributed by atoms with Gasteiger partial charge in [0, 0.05) is 29.5 Å². The van der Waals surface area contributed by atoms with E-state index in [0.717, 1.165) is 17.8 Å². The van der Waals surface area contributed by atoms with Gasteiger partial charge in [0.15, 0.2) is 5.82 Å². The van der Waals surface area contributed by atoms with Crippen LogP contribution in [0, 0.1) is 6.92 Å². The summed E-state index contributed by atoms with van der Waals surface area (Å²) in [5.41, 5.74) is 2.43. The van der Waals surface area contributed by atoms with E-state index in [1.165, 1.54) is 0 Å². The fraction of sp³-hybridized carbons (Fsp3) is 0.235. The topological polar surface area (TPSA) is 64.7 Å². The van der Waals surface area contributed by atoms with Gasteiger partial charge in [0.1, 0.15) is 0 Å². The summed E-state index contributed by atoms with van der Waals surface area (Å²) in [4.78, 5) is 12.2. The molecule has 0 radical (unpaired) electrons. The highest BCUT2D eigenvalue weighted by Gasteiger charge is 2.12. The number of aromatic nitrogens is 4. The van der Waals surface area contributed by atoms with Crippen molar-refractivity contribution in [2.24, 2.45) is 0 Å². The molecule has 1 N–H and O–H groups in total. The van der Waals surface area contributed by atoms with Crippen molar-refractivity contribution in [1.29, 1.82) is 0 Å². The van der Waals surface area contributed by atoms with Gasteiger partial charge in [0.25, 0.3) is 5.91 Å². The van der Waals surface area contributed by atoms with Gasteiger partial charge in [0.2, 0.25) is 0 Å². The highest BCUT2D eigenvalue weighted by atomic mass is 35.5. The molecule has 0 spiro atoms. The van der Waals surface area contributed by atoms with Crippen molar-refractivity contribution >= 4 is 23.3 Å². The van der Waals surface area contributed by atoms with E-state index in [1.54, 1.807) is 17.1 Å². The maximum Gasteiger partial charge on any atom is 0.260 e. The SMILES string of the molecule is CCn1cc(C(=O)Nc2cc(C)n(Cc3ccccc3Cl)n2)cn1. The number of rotatable bonds is 5. The van der Waals surface area contributed by atoms with Crippen LogP contribution in [-0.2, 0) is 13.1 Å². The van der Waals surface area contributed by atoms with Gasteiger partial charge in [-0.05, 0) is 25.5 Å². The van der Waals surface area contributed by atoms with E-state index in [1.807, 2.05) is 48.9 Å². The van der Waals surface area contributed by atoms with E-state index in [2.05, 4.69) is 15.5 Å². The van der Waals surface area contributed by atoms with Gasteiger partial charge in [0.05, 0.1) is 18.3 Å². The summed E-state index contributed by atoms with van der Waals surface area (Å²) < 4.78 is 3.52. The van der Waals surface area contributed by atoms with Crippen molar-refractivity contribution < 1.29 is 4.79 Å². The Bertz CT molecular complexity index is 868. The van der Waals surface area contributed by atoms with Gasteiger partial charge in [-0.3, -0.25) is 14.2 Å². The molecule has 0 saturated carbocycles. The third-order valence-electron chi connectivity index (χ3n) is 3.72. The molecule has 6 nitrogen and oxygen atoms in total. The van der Waals surface area contributed by atoms with E-state index in [9.17, 15) is 4.79 Å². The van der Waals surface area contributed by atoms with Gasteiger partial charge in [-0.2, -0.15) is 10.2 Å². The van der Waals surface area contributed by atoms with Crippen LogP contribution in [0.3, 0.4) is 0 Å². The maximum atomic E-state index is 12.2. The second kappa shape index (κ2) is 6.88. The Labute approximate surface area is 145 Å². The number of halogens is 1. The Morgan fingerprint density at radius 2 is 2.12 bits per heavy atom. The van der Waals surface area contributed by atoms with Crippen LogP contribution in [0.15, 0.2) is 42.7 Å². The molecule has 0 aliphatic carbocycles. The van der Waals surface area contributed by atoms with Gasteiger partial charge >= 0.3 is 0 Å². The van der Waals surface area contributed by atoms with Crippen LogP contribution in [0.1, 0.15) is 28.5 Å². The van der Waals surface area contributed by atoms with Gasteiger partial charge in [-0.15, -0.1) is 0 Å². The lowest BCUT2D eigenvalue weighted by Crippen LogP contribution is -2.12. The van der Waals surface area contributed by atoms with Crippen LogP contribution >= 0.6 is 11.6 Å². The first-order valence-electron chi connectivity index (χ1n) is 7.68. The molecule has 2 aromatic heterocycles. The molecule has 3 aromatic rings. The van der Waals surface area contributed by atoms with Crippen LogP contribution in [-0.4, -0.2) is 25.5 Å². The number of benzene rings is 1. The molecule has 24 heavy (non-hydrogen) atoms. The first-order chi connectivity index (χ1) is 11.6. The fourth-order valence-electron chi connectivity index (χ4n) is 2.36. The zero-order chi connectivity index (χ0) is 17.1. The summed E-state index contributed by atoms with van der Waals surface area (Å²) in [5, 5.41) is 12.0. The molecule has 7 heteroatoms. The number of carbonyl (C=O) groups excluding carboxylic acids is 1. The van der Waals surface area contributed by atoms with Crippen LogP contribution in [0.2, 0.25) is 5.02 Å². The third-order valence-corrected chi connectivity index (χ3v) is 4.09. The molecule has 124 valence electrons. The number of aryl methyl sites for hydroxylation is 2. The van der Waals surface area contributed by atoms with Crippen LogP contribution < -0.4 is 5.32 Å². The number of nitrogens with zero attached hydrogens (tertiary/aromatic N) is 4. The number of hydrogen-bond acceptors (Lipinski definition) is 3. The van der Waals surface area contributed by atoms with Gasteiger partial charge < -0.3 is 5.32 Å². The largest absolute Gasteiger partial charge is 0.305 e. The van der Waals surface area contributed by atoms with E-state index in [4.69, 9.17) is 11.6 Å². The Kier molecular flexibility index (Phi) is 4.66. The Balaban J connectivity index is 1.74. The molecule has 0 atom stereocenters. The monoisotopic (exact) mass is 343 g/mol. The normalized spacial score (nSPS) is 10.8. The molecule has 0 aliphatic heterocycles. The lowest BCUT2D eigenvalue weighted by Gasteiger charge is -2.06. The number of amides is 1. The van der Waals surface area contributed by atoms with Crippen molar-refractivity contribution in [2.75, 3.05) is 5.32 Å².